The molecule has 0 saturated heterocycles. The molecule has 1 rings (SSSR count). The Labute approximate surface area is 113 Å². The fraction of sp³-hybridized carbons (Fsp3) is 0.545. The first-order valence-corrected chi connectivity index (χ1v) is 7.48. The molecule has 1 aromatic rings. The highest BCUT2D eigenvalue weighted by Gasteiger charge is 2.26. The van der Waals surface area contributed by atoms with Crippen LogP contribution in [0.2, 0.25) is 0 Å². The van der Waals surface area contributed by atoms with E-state index in [0.29, 0.717) is 5.76 Å². The quantitative estimate of drug-likeness (QED) is 0.804. The monoisotopic (exact) mass is 290 g/mol. The van der Waals surface area contributed by atoms with Gasteiger partial charge in [-0.2, -0.15) is 0 Å². The molecule has 0 saturated carbocycles. The van der Waals surface area contributed by atoms with Gasteiger partial charge in [-0.1, -0.05) is 12.2 Å². The number of thiocarbonyl (C=S) groups is 1. The molecule has 1 heterocycles. The van der Waals surface area contributed by atoms with Crippen LogP contribution in [0.15, 0.2) is 10.5 Å². The van der Waals surface area contributed by atoms with Crippen LogP contribution >= 0.6 is 12.2 Å². The van der Waals surface area contributed by atoms with E-state index in [2.05, 4.69) is 4.72 Å². The van der Waals surface area contributed by atoms with Gasteiger partial charge in [-0.05, 0) is 33.8 Å². The molecule has 102 valence electrons. The maximum absolute atomic E-state index is 12.0. The maximum atomic E-state index is 12.0. The van der Waals surface area contributed by atoms with Gasteiger partial charge in [0.2, 0.25) is 10.0 Å². The van der Waals surface area contributed by atoms with Gasteiger partial charge in [0.25, 0.3) is 0 Å². The predicted octanol–water partition coefficient (Wildman–Crippen LogP) is 1.55. The molecule has 0 bridgehead atoms. The van der Waals surface area contributed by atoms with Crippen molar-refractivity contribution >= 4 is 27.2 Å². The average molecular weight is 290 g/mol. The molecular formula is C11H18N2O3S2. The first-order chi connectivity index (χ1) is 8.15. The lowest BCUT2D eigenvalue weighted by molar-refractivity contribution is 0.496. The van der Waals surface area contributed by atoms with Crippen molar-refractivity contribution in [2.24, 2.45) is 5.73 Å². The van der Waals surface area contributed by atoms with Crippen LogP contribution in [0, 0.1) is 13.8 Å². The maximum Gasteiger partial charge on any atom is 0.221 e. The summed E-state index contributed by atoms with van der Waals surface area (Å²) in [5, 5.41) is -0.900. The van der Waals surface area contributed by atoms with Crippen LogP contribution in [-0.4, -0.2) is 18.7 Å². The van der Waals surface area contributed by atoms with Crippen molar-refractivity contribution < 1.29 is 12.8 Å². The van der Waals surface area contributed by atoms with Crippen LogP contribution in [0.4, 0.5) is 0 Å². The molecule has 1 aromatic heterocycles. The smallest absolute Gasteiger partial charge is 0.221 e. The second kappa shape index (κ2) is 5.38. The molecule has 18 heavy (non-hydrogen) atoms. The Morgan fingerprint density at radius 2 is 2.00 bits per heavy atom. The Kier molecular flexibility index (Phi) is 4.52. The van der Waals surface area contributed by atoms with E-state index in [4.69, 9.17) is 22.4 Å². The molecule has 0 aliphatic heterocycles. The molecule has 0 aliphatic rings. The molecule has 0 aliphatic carbocycles. The van der Waals surface area contributed by atoms with Crippen molar-refractivity contribution in [1.29, 1.82) is 0 Å². The van der Waals surface area contributed by atoms with Gasteiger partial charge in [0.1, 0.15) is 16.8 Å². The summed E-state index contributed by atoms with van der Waals surface area (Å²) in [5.74, 6) is 1.45. The first kappa shape index (κ1) is 15.1. The molecular weight excluding hydrogens is 272 g/mol. The number of furan rings is 1. The third kappa shape index (κ3) is 3.30. The fourth-order valence-electron chi connectivity index (χ4n) is 1.65. The fourth-order valence-corrected chi connectivity index (χ4v) is 3.16. The summed E-state index contributed by atoms with van der Waals surface area (Å²) < 4.78 is 31.9. The van der Waals surface area contributed by atoms with Crippen LogP contribution in [0.1, 0.15) is 37.0 Å². The molecule has 0 aromatic carbocycles. The molecule has 2 atom stereocenters. The summed E-state index contributed by atoms with van der Waals surface area (Å²) in [5.41, 5.74) is 6.18. The highest BCUT2D eigenvalue weighted by molar-refractivity contribution is 7.93. The van der Waals surface area contributed by atoms with E-state index in [1.54, 1.807) is 13.8 Å². The SMILES string of the molecule is Cc1cc(C(C)NS(=O)(=O)C(C)C(N)=S)c(C)o1. The van der Waals surface area contributed by atoms with Gasteiger partial charge in [-0.25, -0.2) is 13.1 Å². The second-order valence-corrected chi connectivity index (χ2v) is 6.80. The minimum atomic E-state index is -3.57. The van der Waals surface area contributed by atoms with Gasteiger partial charge >= 0.3 is 0 Å². The minimum Gasteiger partial charge on any atom is -0.466 e. The second-order valence-electron chi connectivity index (χ2n) is 4.30. The van der Waals surface area contributed by atoms with E-state index >= 15 is 0 Å². The van der Waals surface area contributed by atoms with E-state index in [0.717, 1.165) is 11.3 Å². The third-order valence-electron chi connectivity index (χ3n) is 2.75. The summed E-state index contributed by atoms with van der Waals surface area (Å²) >= 11 is 4.71. The number of nitrogens with one attached hydrogen (secondary N) is 1. The van der Waals surface area contributed by atoms with E-state index in [-0.39, 0.29) is 11.0 Å². The Bertz CT molecular complexity index is 549. The van der Waals surface area contributed by atoms with Crippen molar-refractivity contribution in [2.75, 3.05) is 0 Å². The van der Waals surface area contributed by atoms with Crippen molar-refractivity contribution in [3.05, 3.63) is 23.2 Å². The summed E-state index contributed by atoms with van der Waals surface area (Å²) in [6.07, 6.45) is 0. The third-order valence-corrected chi connectivity index (χ3v) is 5.12. The number of aryl methyl sites for hydroxylation is 2. The summed E-state index contributed by atoms with van der Waals surface area (Å²) in [4.78, 5) is -0.0465. The lowest BCUT2D eigenvalue weighted by Gasteiger charge is -2.17. The van der Waals surface area contributed by atoms with Gasteiger partial charge in [0.05, 0.1) is 4.99 Å². The molecule has 0 fully saturated rings. The van der Waals surface area contributed by atoms with Crippen LogP contribution < -0.4 is 10.5 Å². The number of rotatable bonds is 5. The largest absolute Gasteiger partial charge is 0.466 e. The van der Waals surface area contributed by atoms with Crippen molar-refractivity contribution in [2.45, 2.75) is 39.0 Å². The Balaban J connectivity index is 2.92. The molecule has 3 N–H and O–H groups in total. The zero-order valence-corrected chi connectivity index (χ0v) is 12.5. The van der Waals surface area contributed by atoms with E-state index in [1.165, 1.54) is 6.92 Å². The Morgan fingerprint density at radius 3 is 2.39 bits per heavy atom. The van der Waals surface area contributed by atoms with E-state index < -0.39 is 15.3 Å². The summed E-state index contributed by atoms with van der Waals surface area (Å²) in [6, 6.07) is 1.43. The van der Waals surface area contributed by atoms with Gasteiger partial charge in [0, 0.05) is 11.6 Å². The highest BCUT2D eigenvalue weighted by Crippen LogP contribution is 2.22. The summed E-state index contributed by atoms with van der Waals surface area (Å²) in [6.45, 7) is 6.82. The number of hydrogen-bond acceptors (Lipinski definition) is 4. The van der Waals surface area contributed by atoms with Gasteiger partial charge in [-0.15, -0.1) is 0 Å². The standard InChI is InChI=1S/C11H18N2O3S2/c1-6-5-10(8(3)16-6)7(2)13-18(14,15)9(4)11(12)17/h5,7,9,13H,1-4H3,(H2,12,17). The van der Waals surface area contributed by atoms with E-state index in [1.807, 2.05) is 13.0 Å². The van der Waals surface area contributed by atoms with Crippen molar-refractivity contribution in [3.63, 3.8) is 0 Å². The lowest BCUT2D eigenvalue weighted by Crippen LogP contribution is -2.41. The van der Waals surface area contributed by atoms with Crippen LogP contribution in [0.3, 0.4) is 0 Å². The van der Waals surface area contributed by atoms with Crippen molar-refractivity contribution in [3.8, 4) is 0 Å². The zero-order chi connectivity index (χ0) is 14.1. The van der Waals surface area contributed by atoms with Gasteiger partial charge in [0.15, 0.2) is 0 Å². The number of sulfonamides is 1. The average Bonchev–Trinajstić information content (AvgIpc) is 2.55. The topological polar surface area (TPSA) is 85.3 Å². The van der Waals surface area contributed by atoms with E-state index in [9.17, 15) is 8.42 Å². The van der Waals surface area contributed by atoms with Crippen molar-refractivity contribution in [1.82, 2.24) is 4.72 Å². The molecule has 0 amide bonds. The minimum absolute atomic E-state index is 0.0465. The van der Waals surface area contributed by atoms with Gasteiger partial charge in [-0.3, -0.25) is 0 Å². The first-order valence-electron chi connectivity index (χ1n) is 5.52. The molecule has 0 radical (unpaired) electrons. The molecule has 0 spiro atoms. The van der Waals surface area contributed by atoms with Gasteiger partial charge < -0.3 is 10.2 Å². The predicted molar refractivity (Wildman–Crippen MR) is 74.9 cm³/mol. The highest BCUT2D eigenvalue weighted by atomic mass is 32.2. The normalized spacial score (nSPS) is 15.3. The number of nitrogens with two attached hydrogens (primary N) is 1. The number of hydrogen-bond donors (Lipinski definition) is 2. The van der Waals surface area contributed by atoms with Crippen LogP contribution in [0.5, 0.6) is 0 Å². The lowest BCUT2D eigenvalue weighted by atomic mass is 10.1. The Morgan fingerprint density at radius 1 is 1.44 bits per heavy atom. The molecule has 2 unspecified atom stereocenters. The summed E-state index contributed by atoms with van der Waals surface area (Å²) in [7, 11) is -3.57. The van der Waals surface area contributed by atoms with Crippen LogP contribution in [0.25, 0.3) is 0 Å². The molecule has 5 nitrogen and oxygen atoms in total. The Hall–Kier alpha value is -0.920. The van der Waals surface area contributed by atoms with Crippen LogP contribution in [-0.2, 0) is 10.0 Å². The molecule has 7 heteroatoms. The zero-order valence-electron chi connectivity index (χ0n) is 10.9.